The van der Waals surface area contributed by atoms with E-state index in [1.165, 1.54) is 13.8 Å². The minimum Gasteiger partial charge on any atom is -0.297 e. The Kier molecular flexibility index (Phi) is 3.90. The quantitative estimate of drug-likeness (QED) is 0.717. The summed E-state index contributed by atoms with van der Waals surface area (Å²) < 4.78 is 21.5. The third-order valence-corrected chi connectivity index (χ3v) is 6.77. The van der Waals surface area contributed by atoms with Crippen molar-refractivity contribution in [3.05, 3.63) is 0 Å². The van der Waals surface area contributed by atoms with E-state index < -0.39 is 13.5 Å². The van der Waals surface area contributed by atoms with Gasteiger partial charge in [0, 0.05) is 5.75 Å². The molecular formula is C7H13BrO3S. The van der Waals surface area contributed by atoms with E-state index in [1.54, 1.807) is 6.92 Å². The van der Waals surface area contributed by atoms with Gasteiger partial charge in [-0.05, 0) is 13.3 Å². The summed E-state index contributed by atoms with van der Waals surface area (Å²) in [6.45, 7) is 4.48. The number of halogens is 1. The molecule has 0 heterocycles. The summed E-state index contributed by atoms with van der Waals surface area (Å²) in [6.07, 6.45) is 0.262. The van der Waals surface area contributed by atoms with E-state index in [2.05, 4.69) is 15.9 Å². The second-order valence-corrected chi connectivity index (χ2v) is 6.92. The van der Waals surface area contributed by atoms with Crippen LogP contribution in [0.2, 0.25) is 0 Å². The van der Waals surface area contributed by atoms with Crippen LogP contribution in [0.5, 0.6) is 0 Å². The Morgan fingerprint density at radius 3 is 1.92 bits per heavy atom. The van der Waals surface area contributed by atoms with Crippen LogP contribution >= 0.6 is 15.9 Å². The number of Topliss-reactive ketones (excluding diaryl/α,β-unsaturated/α-hetero) is 1. The largest absolute Gasteiger partial charge is 0.297 e. The summed E-state index contributed by atoms with van der Waals surface area (Å²) in [7, 11) is -3.34. The van der Waals surface area contributed by atoms with Gasteiger partial charge >= 0.3 is 0 Å². The molecule has 0 spiro atoms. The van der Waals surface area contributed by atoms with E-state index in [9.17, 15) is 13.2 Å². The molecule has 0 unspecified atom stereocenters. The summed E-state index contributed by atoms with van der Waals surface area (Å²) in [4.78, 5) is 11.1. The second kappa shape index (κ2) is 3.87. The number of hydrogen-bond donors (Lipinski definition) is 0. The Bertz CT molecular complexity index is 270. The van der Waals surface area contributed by atoms with Gasteiger partial charge in [0.1, 0.15) is 0 Å². The molecule has 0 aliphatic rings. The fraction of sp³-hybridized carbons (Fsp3) is 0.857. The average Bonchev–Trinajstić information content (AvgIpc) is 2.02. The van der Waals surface area contributed by atoms with E-state index in [4.69, 9.17) is 0 Å². The van der Waals surface area contributed by atoms with Crippen LogP contribution in [0, 0.1) is 0 Å². The molecule has 1 atom stereocenters. The smallest absolute Gasteiger partial charge is 0.184 e. The molecule has 12 heavy (non-hydrogen) atoms. The molecule has 0 saturated heterocycles. The van der Waals surface area contributed by atoms with Gasteiger partial charge in [0.05, 0.1) is 0 Å². The van der Waals surface area contributed by atoms with Crippen molar-refractivity contribution in [1.29, 1.82) is 0 Å². The molecule has 5 heteroatoms. The maximum absolute atomic E-state index is 11.4. The van der Waals surface area contributed by atoms with E-state index in [0.717, 1.165) is 0 Å². The first-order valence-corrected chi connectivity index (χ1v) is 6.18. The predicted octanol–water partition coefficient (Wildman–Crippen LogP) is 1.51. The first-order chi connectivity index (χ1) is 5.31. The second-order valence-electron chi connectivity index (χ2n) is 2.54. The molecule has 0 saturated carbocycles. The normalized spacial score (nSPS) is 17.0. The van der Waals surface area contributed by atoms with Gasteiger partial charge < -0.3 is 0 Å². The van der Waals surface area contributed by atoms with Crippen LogP contribution in [0.1, 0.15) is 27.2 Å². The lowest BCUT2D eigenvalue weighted by atomic mass is 10.2. The van der Waals surface area contributed by atoms with Crippen molar-refractivity contribution in [2.75, 3.05) is 5.75 Å². The molecule has 0 N–H and O–H groups in total. The van der Waals surface area contributed by atoms with Crippen molar-refractivity contribution < 1.29 is 13.2 Å². The fourth-order valence-corrected chi connectivity index (χ4v) is 2.94. The molecule has 0 fully saturated rings. The predicted molar refractivity (Wildman–Crippen MR) is 52.1 cm³/mol. The SMILES string of the molecule is CC[C@@](Br)(C(C)=O)S(=O)(=O)CC. The van der Waals surface area contributed by atoms with Crippen LogP contribution in [0.15, 0.2) is 0 Å². The molecule has 0 rings (SSSR count). The van der Waals surface area contributed by atoms with Gasteiger partial charge in [-0.2, -0.15) is 0 Å². The lowest BCUT2D eigenvalue weighted by Crippen LogP contribution is -2.39. The van der Waals surface area contributed by atoms with Crippen molar-refractivity contribution >= 4 is 31.6 Å². The van der Waals surface area contributed by atoms with Crippen LogP contribution in [0.3, 0.4) is 0 Å². The molecule has 72 valence electrons. The van der Waals surface area contributed by atoms with Crippen LogP contribution in [-0.4, -0.2) is 23.6 Å². The average molecular weight is 257 g/mol. The van der Waals surface area contributed by atoms with Crippen molar-refractivity contribution in [1.82, 2.24) is 0 Å². The van der Waals surface area contributed by atoms with Crippen LogP contribution in [0.4, 0.5) is 0 Å². The summed E-state index contributed by atoms with van der Waals surface area (Å²) >= 11 is 2.99. The lowest BCUT2D eigenvalue weighted by molar-refractivity contribution is -0.117. The Balaban J connectivity index is 5.17. The fourth-order valence-electron chi connectivity index (χ4n) is 0.917. The van der Waals surface area contributed by atoms with Gasteiger partial charge in [-0.1, -0.05) is 29.8 Å². The highest BCUT2D eigenvalue weighted by Crippen LogP contribution is 2.30. The Labute approximate surface area is 81.6 Å². The van der Waals surface area contributed by atoms with E-state index in [1.807, 2.05) is 0 Å². The number of ketones is 1. The summed E-state index contributed by atoms with van der Waals surface area (Å²) in [5.74, 6) is -0.377. The topological polar surface area (TPSA) is 51.2 Å². The van der Waals surface area contributed by atoms with Crippen molar-refractivity contribution in [3.8, 4) is 0 Å². The highest BCUT2D eigenvalue weighted by Gasteiger charge is 2.42. The summed E-state index contributed by atoms with van der Waals surface area (Å²) in [6, 6.07) is 0. The zero-order chi connectivity index (χ0) is 9.99. The van der Waals surface area contributed by atoms with Gasteiger partial charge in [-0.3, -0.25) is 4.79 Å². The number of carbonyl (C=O) groups excluding carboxylic acids is 1. The molecular weight excluding hydrogens is 244 g/mol. The highest BCUT2D eigenvalue weighted by molar-refractivity contribution is 9.12. The first kappa shape index (κ1) is 12.1. The van der Waals surface area contributed by atoms with Gasteiger partial charge in [0.15, 0.2) is 19.3 Å². The van der Waals surface area contributed by atoms with Crippen LogP contribution in [-0.2, 0) is 14.6 Å². The maximum atomic E-state index is 11.4. The lowest BCUT2D eigenvalue weighted by Gasteiger charge is -2.21. The Morgan fingerprint density at radius 1 is 1.42 bits per heavy atom. The molecule has 0 aromatic carbocycles. The Hall–Kier alpha value is 0.1000. The van der Waals surface area contributed by atoms with Gasteiger partial charge in [0.2, 0.25) is 0 Å². The monoisotopic (exact) mass is 256 g/mol. The number of carbonyl (C=O) groups is 1. The maximum Gasteiger partial charge on any atom is 0.184 e. The number of sulfone groups is 1. The molecule has 0 aliphatic heterocycles. The first-order valence-electron chi connectivity index (χ1n) is 3.74. The van der Waals surface area contributed by atoms with E-state index in [-0.39, 0.29) is 18.0 Å². The molecule has 0 amide bonds. The number of hydrogen-bond acceptors (Lipinski definition) is 3. The van der Waals surface area contributed by atoms with E-state index >= 15 is 0 Å². The number of alkyl halides is 1. The van der Waals surface area contributed by atoms with E-state index in [0.29, 0.717) is 0 Å². The highest BCUT2D eigenvalue weighted by atomic mass is 79.9. The zero-order valence-electron chi connectivity index (χ0n) is 7.43. The van der Waals surface area contributed by atoms with Crippen molar-refractivity contribution in [3.63, 3.8) is 0 Å². The molecule has 0 aliphatic carbocycles. The van der Waals surface area contributed by atoms with Crippen molar-refractivity contribution in [2.24, 2.45) is 0 Å². The van der Waals surface area contributed by atoms with Gasteiger partial charge in [0.25, 0.3) is 0 Å². The summed E-state index contributed by atoms with van der Waals surface area (Å²) in [5.41, 5.74) is 0. The van der Waals surface area contributed by atoms with Gasteiger partial charge in [-0.25, -0.2) is 8.42 Å². The standard InChI is InChI=1S/C7H13BrO3S/c1-4-7(8,6(3)9)12(10,11)5-2/h4-5H2,1-3H3/t7-/m0/s1. The minimum absolute atomic E-state index is 0.0222. The molecule has 0 bridgehead atoms. The molecule has 3 nitrogen and oxygen atoms in total. The third-order valence-electron chi connectivity index (χ3n) is 1.85. The van der Waals surface area contributed by atoms with Crippen molar-refractivity contribution in [2.45, 2.75) is 30.8 Å². The zero-order valence-corrected chi connectivity index (χ0v) is 9.83. The molecule has 0 radical (unpaired) electrons. The summed E-state index contributed by atoms with van der Waals surface area (Å²) in [5, 5.41) is 0. The minimum atomic E-state index is -3.34. The van der Waals surface area contributed by atoms with Crippen LogP contribution < -0.4 is 0 Å². The molecule has 0 aromatic rings. The van der Waals surface area contributed by atoms with Gasteiger partial charge in [-0.15, -0.1) is 0 Å². The third kappa shape index (κ3) is 1.88. The Morgan fingerprint density at radius 2 is 1.83 bits per heavy atom. The molecule has 0 aromatic heterocycles. The van der Waals surface area contributed by atoms with Crippen LogP contribution in [0.25, 0.3) is 0 Å². The number of rotatable bonds is 4.